The number of rotatable bonds is 5. The molecule has 20 heavy (non-hydrogen) atoms. The molecule has 2 aromatic heterocycles. The van der Waals surface area contributed by atoms with Crippen molar-refractivity contribution in [1.29, 1.82) is 0 Å². The van der Waals surface area contributed by atoms with Gasteiger partial charge in [-0.25, -0.2) is 4.68 Å². The van der Waals surface area contributed by atoms with Gasteiger partial charge in [-0.1, -0.05) is 11.2 Å². The highest BCUT2D eigenvalue weighted by atomic mass is 16.5. The molecule has 0 aliphatic heterocycles. The van der Waals surface area contributed by atoms with Gasteiger partial charge in [-0.05, 0) is 24.3 Å². The Kier molecular flexibility index (Phi) is 3.56. The lowest BCUT2D eigenvalue weighted by atomic mass is 10.2. The highest BCUT2D eigenvalue weighted by Gasteiger charge is 2.09. The average Bonchev–Trinajstić information content (AvgIpc) is 3.17. The van der Waals surface area contributed by atoms with Crippen LogP contribution in [-0.2, 0) is 11.2 Å². The molecule has 0 aliphatic rings. The molecule has 3 rings (SSSR count). The van der Waals surface area contributed by atoms with Crippen LogP contribution in [0.15, 0.2) is 47.2 Å². The quantitative estimate of drug-likeness (QED) is 0.710. The second-order valence-electron chi connectivity index (χ2n) is 4.26. The molecule has 0 N–H and O–H groups in total. The Balaban J connectivity index is 1.87. The lowest BCUT2D eigenvalue weighted by molar-refractivity contribution is 0.199. The summed E-state index contributed by atoms with van der Waals surface area (Å²) in [5, 5.41) is 8.13. The van der Waals surface area contributed by atoms with Crippen LogP contribution in [0.1, 0.15) is 5.82 Å². The van der Waals surface area contributed by atoms with E-state index in [1.165, 1.54) is 0 Å². The molecule has 0 radical (unpaired) electrons. The summed E-state index contributed by atoms with van der Waals surface area (Å²) in [4.78, 5) is 4.35. The van der Waals surface area contributed by atoms with E-state index in [1.807, 2.05) is 36.5 Å². The molecule has 0 spiro atoms. The number of ether oxygens (including phenoxy) is 1. The van der Waals surface area contributed by atoms with E-state index in [1.54, 1.807) is 18.0 Å². The first-order chi connectivity index (χ1) is 9.86. The summed E-state index contributed by atoms with van der Waals surface area (Å²) >= 11 is 0. The maximum Gasteiger partial charge on any atom is 0.257 e. The molecular weight excluding hydrogens is 256 g/mol. The van der Waals surface area contributed by atoms with E-state index >= 15 is 0 Å². The Labute approximate surface area is 116 Å². The maximum atomic E-state index is 5.27. The van der Waals surface area contributed by atoms with Gasteiger partial charge in [0.15, 0.2) is 5.82 Å². The topological polar surface area (TPSA) is 66.0 Å². The predicted molar refractivity (Wildman–Crippen MR) is 72.4 cm³/mol. The number of methoxy groups -OCH3 is 1. The van der Waals surface area contributed by atoms with Gasteiger partial charge in [-0.3, -0.25) is 0 Å². The van der Waals surface area contributed by atoms with Gasteiger partial charge in [0.05, 0.1) is 12.3 Å². The van der Waals surface area contributed by atoms with Gasteiger partial charge in [-0.2, -0.15) is 10.1 Å². The molecule has 6 nitrogen and oxygen atoms in total. The highest BCUT2D eigenvalue weighted by Crippen LogP contribution is 2.20. The van der Waals surface area contributed by atoms with E-state index in [0.717, 1.165) is 11.3 Å². The number of aromatic nitrogens is 4. The van der Waals surface area contributed by atoms with Gasteiger partial charge in [0.2, 0.25) is 0 Å². The van der Waals surface area contributed by atoms with Crippen LogP contribution in [-0.4, -0.2) is 33.6 Å². The highest BCUT2D eigenvalue weighted by molar-refractivity contribution is 5.57. The molecule has 0 unspecified atom stereocenters. The molecule has 102 valence electrons. The van der Waals surface area contributed by atoms with Crippen molar-refractivity contribution < 1.29 is 9.26 Å². The van der Waals surface area contributed by atoms with Crippen molar-refractivity contribution in [2.24, 2.45) is 0 Å². The van der Waals surface area contributed by atoms with Crippen LogP contribution < -0.4 is 0 Å². The Morgan fingerprint density at radius 2 is 2.25 bits per heavy atom. The van der Waals surface area contributed by atoms with E-state index < -0.39 is 0 Å². The molecule has 0 saturated carbocycles. The number of hydrogen-bond donors (Lipinski definition) is 0. The molecular formula is C14H14N4O2. The Bertz CT molecular complexity index is 676. The summed E-state index contributed by atoms with van der Waals surface area (Å²) in [6, 6.07) is 9.67. The van der Waals surface area contributed by atoms with Crippen molar-refractivity contribution in [2.45, 2.75) is 6.42 Å². The van der Waals surface area contributed by atoms with Crippen LogP contribution in [0, 0.1) is 0 Å². The number of hydrogen-bond acceptors (Lipinski definition) is 5. The van der Waals surface area contributed by atoms with Gasteiger partial charge < -0.3 is 9.26 Å². The molecule has 3 aromatic rings. The number of nitrogens with zero attached hydrogens (tertiary/aromatic N) is 4. The van der Waals surface area contributed by atoms with Gasteiger partial charge in [0.1, 0.15) is 0 Å². The van der Waals surface area contributed by atoms with Crippen LogP contribution in [0.2, 0.25) is 0 Å². The zero-order valence-corrected chi connectivity index (χ0v) is 11.1. The first kappa shape index (κ1) is 12.6. The van der Waals surface area contributed by atoms with Crippen molar-refractivity contribution in [3.05, 3.63) is 48.5 Å². The van der Waals surface area contributed by atoms with Crippen LogP contribution >= 0.6 is 0 Å². The zero-order chi connectivity index (χ0) is 13.8. The fraction of sp³-hybridized carbons (Fsp3) is 0.214. The molecule has 0 atom stereocenters. The van der Waals surface area contributed by atoms with Crippen LogP contribution in [0.3, 0.4) is 0 Å². The molecule has 0 aliphatic carbocycles. The van der Waals surface area contributed by atoms with E-state index in [2.05, 4.69) is 15.2 Å². The summed E-state index contributed by atoms with van der Waals surface area (Å²) in [5.74, 6) is 1.15. The Hall–Kier alpha value is -2.47. The largest absolute Gasteiger partial charge is 0.384 e. The Morgan fingerprint density at radius 1 is 1.30 bits per heavy atom. The van der Waals surface area contributed by atoms with Crippen LogP contribution in [0.5, 0.6) is 0 Å². The molecule has 0 fully saturated rings. The normalized spacial score (nSPS) is 10.8. The fourth-order valence-corrected chi connectivity index (χ4v) is 1.87. The fourth-order valence-electron chi connectivity index (χ4n) is 1.87. The third-order valence-electron chi connectivity index (χ3n) is 2.86. The van der Waals surface area contributed by atoms with Gasteiger partial charge in [0, 0.05) is 31.5 Å². The standard InChI is InChI=1S/C14H14N4O2/c1-19-9-6-13-16-14(20-17-13)11-4-2-5-12(10-11)18-8-3-7-15-18/h2-5,7-8,10H,6,9H2,1H3. The third-order valence-corrected chi connectivity index (χ3v) is 2.86. The van der Waals surface area contributed by atoms with Crippen molar-refractivity contribution in [2.75, 3.05) is 13.7 Å². The lowest BCUT2D eigenvalue weighted by Gasteiger charge is -2.02. The van der Waals surface area contributed by atoms with Crippen molar-refractivity contribution >= 4 is 0 Å². The monoisotopic (exact) mass is 270 g/mol. The van der Waals surface area contributed by atoms with Crippen molar-refractivity contribution in [3.8, 4) is 17.1 Å². The SMILES string of the molecule is COCCc1noc(-c2cccc(-n3cccn3)c2)n1. The summed E-state index contributed by atoms with van der Waals surface area (Å²) < 4.78 is 12.1. The smallest absolute Gasteiger partial charge is 0.257 e. The first-order valence-corrected chi connectivity index (χ1v) is 6.29. The van der Waals surface area contributed by atoms with Crippen LogP contribution in [0.25, 0.3) is 17.1 Å². The second-order valence-corrected chi connectivity index (χ2v) is 4.26. The van der Waals surface area contributed by atoms with Crippen LogP contribution in [0.4, 0.5) is 0 Å². The van der Waals surface area contributed by atoms with Gasteiger partial charge in [-0.15, -0.1) is 0 Å². The van der Waals surface area contributed by atoms with Gasteiger partial charge >= 0.3 is 0 Å². The lowest BCUT2D eigenvalue weighted by Crippen LogP contribution is -1.96. The molecule has 0 saturated heterocycles. The van der Waals surface area contributed by atoms with Gasteiger partial charge in [0.25, 0.3) is 5.89 Å². The minimum absolute atomic E-state index is 0.505. The minimum atomic E-state index is 0.505. The van der Waals surface area contributed by atoms with E-state index in [9.17, 15) is 0 Å². The minimum Gasteiger partial charge on any atom is -0.384 e. The summed E-state index contributed by atoms with van der Waals surface area (Å²) in [6.45, 7) is 0.576. The molecule has 6 heteroatoms. The molecule has 1 aromatic carbocycles. The summed E-state index contributed by atoms with van der Waals surface area (Å²) in [7, 11) is 1.65. The van der Waals surface area contributed by atoms with E-state index in [-0.39, 0.29) is 0 Å². The van der Waals surface area contributed by atoms with Crippen molar-refractivity contribution in [3.63, 3.8) is 0 Å². The van der Waals surface area contributed by atoms with E-state index in [0.29, 0.717) is 24.7 Å². The summed E-state index contributed by atoms with van der Waals surface area (Å²) in [6.07, 6.45) is 4.26. The van der Waals surface area contributed by atoms with E-state index in [4.69, 9.17) is 9.26 Å². The maximum absolute atomic E-state index is 5.27. The summed E-state index contributed by atoms with van der Waals surface area (Å²) in [5.41, 5.74) is 1.82. The average molecular weight is 270 g/mol. The Morgan fingerprint density at radius 3 is 3.05 bits per heavy atom. The molecule has 2 heterocycles. The number of benzene rings is 1. The van der Waals surface area contributed by atoms with Crippen molar-refractivity contribution in [1.82, 2.24) is 19.9 Å². The molecule has 0 amide bonds. The zero-order valence-electron chi connectivity index (χ0n) is 11.1. The predicted octanol–water partition coefficient (Wildman–Crippen LogP) is 2.11. The first-order valence-electron chi connectivity index (χ1n) is 6.29. The second kappa shape index (κ2) is 5.66. The third kappa shape index (κ3) is 2.60. The molecule has 0 bridgehead atoms.